The van der Waals surface area contributed by atoms with Crippen molar-refractivity contribution in [2.75, 3.05) is 11.4 Å². The maximum Gasteiger partial charge on any atom is 0.417 e. The molecule has 0 atom stereocenters. The topological polar surface area (TPSA) is 77.3 Å². The summed E-state index contributed by atoms with van der Waals surface area (Å²) in [5.41, 5.74) is 0.670. The highest BCUT2D eigenvalue weighted by Gasteiger charge is 2.27. The largest absolute Gasteiger partial charge is 0.443 e. The van der Waals surface area contributed by atoms with E-state index in [1.165, 1.54) is 9.47 Å². The van der Waals surface area contributed by atoms with E-state index in [2.05, 4.69) is 9.97 Å². The zero-order valence-electron chi connectivity index (χ0n) is 17.1. The van der Waals surface area contributed by atoms with Crippen LogP contribution in [-0.4, -0.2) is 32.8 Å². The Kier molecular flexibility index (Phi) is 5.61. The molecule has 0 saturated carbocycles. The van der Waals surface area contributed by atoms with E-state index in [-0.39, 0.29) is 23.4 Å². The summed E-state index contributed by atoms with van der Waals surface area (Å²) in [4.78, 5) is 36.4. The minimum atomic E-state index is -0.694. The van der Waals surface area contributed by atoms with E-state index in [0.717, 1.165) is 5.56 Å². The number of carbonyl (C=O) groups is 1. The minimum Gasteiger partial charge on any atom is -0.443 e. The number of ether oxygens (including phenoxy) is 1. The Morgan fingerprint density at radius 1 is 1.28 bits per heavy atom. The molecule has 0 aliphatic rings. The molecule has 0 N–H and O–H groups in total. The number of fused-ring (bicyclic) bond motifs is 1. The van der Waals surface area contributed by atoms with Crippen LogP contribution in [0.3, 0.4) is 0 Å². The van der Waals surface area contributed by atoms with Gasteiger partial charge in [-0.1, -0.05) is 17.7 Å². The lowest BCUT2D eigenvalue weighted by molar-refractivity contribution is 0.0579. The number of rotatable bonds is 3. The van der Waals surface area contributed by atoms with Crippen LogP contribution in [0.25, 0.3) is 16.6 Å². The van der Waals surface area contributed by atoms with Gasteiger partial charge in [0.05, 0.1) is 27.8 Å². The van der Waals surface area contributed by atoms with Gasteiger partial charge in [-0.2, -0.15) is 0 Å². The van der Waals surface area contributed by atoms with Gasteiger partial charge in [-0.3, -0.25) is 9.78 Å². The summed E-state index contributed by atoms with van der Waals surface area (Å²) in [5, 5.41) is 0.570. The molecule has 2 aromatic heterocycles. The van der Waals surface area contributed by atoms with Gasteiger partial charge in [0, 0.05) is 12.7 Å². The average molecular weight is 415 g/mol. The van der Waals surface area contributed by atoms with Gasteiger partial charge in [-0.25, -0.2) is 19.2 Å². The van der Waals surface area contributed by atoms with Crippen LogP contribution in [0.5, 0.6) is 0 Å². The predicted octanol–water partition coefficient (Wildman–Crippen LogP) is 4.50. The van der Waals surface area contributed by atoms with Crippen molar-refractivity contribution in [1.82, 2.24) is 14.5 Å². The van der Waals surface area contributed by atoms with Crippen LogP contribution < -0.4 is 10.5 Å². The van der Waals surface area contributed by atoms with Crippen molar-refractivity contribution < 1.29 is 9.53 Å². The molecule has 29 heavy (non-hydrogen) atoms. The molecule has 0 aliphatic heterocycles. The van der Waals surface area contributed by atoms with Crippen molar-refractivity contribution in [1.29, 1.82) is 0 Å². The van der Waals surface area contributed by atoms with Crippen LogP contribution in [0.15, 0.2) is 41.5 Å². The third-order valence-corrected chi connectivity index (χ3v) is 4.43. The third-order valence-electron chi connectivity index (χ3n) is 4.12. The maximum atomic E-state index is 13.4. The quantitative estimate of drug-likeness (QED) is 0.630. The third kappa shape index (κ3) is 4.24. The van der Waals surface area contributed by atoms with Gasteiger partial charge in [0.1, 0.15) is 5.60 Å². The van der Waals surface area contributed by atoms with Gasteiger partial charge in [-0.15, -0.1) is 0 Å². The van der Waals surface area contributed by atoms with E-state index in [0.29, 0.717) is 16.2 Å². The van der Waals surface area contributed by atoms with E-state index in [1.807, 2.05) is 6.92 Å². The standard InChI is InChI=1S/C21H23ClN4O3/c1-6-25(20(28)29-21(3,4)5)19-24-16-9-7-8-15(22)17(16)18(27)26(19)14-10-13(2)11-23-12-14/h7-12H,6H2,1-5H3. The van der Waals surface area contributed by atoms with E-state index in [4.69, 9.17) is 16.3 Å². The summed E-state index contributed by atoms with van der Waals surface area (Å²) in [6.45, 7) is 9.26. The van der Waals surface area contributed by atoms with E-state index in [1.54, 1.807) is 64.4 Å². The number of carbonyl (C=O) groups excluding carboxylic acids is 1. The Bertz CT molecular complexity index is 1130. The molecule has 3 rings (SSSR count). The first-order valence-corrected chi connectivity index (χ1v) is 9.64. The number of anilines is 1. The normalized spacial score (nSPS) is 11.5. The summed E-state index contributed by atoms with van der Waals surface area (Å²) >= 11 is 6.29. The molecule has 0 unspecified atom stereocenters. The molecular formula is C21H23ClN4O3. The number of amides is 1. The Morgan fingerprint density at radius 2 is 2.00 bits per heavy atom. The number of benzene rings is 1. The summed E-state index contributed by atoms with van der Waals surface area (Å²) < 4.78 is 6.87. The van der Waals surface area contributed by atoms with Crippen molar-refractivity contribution in [2.24, 2.45) is 0 Å². The summed E-state index contributed by atoms with van der Waals surface area (Å²) in [6.07, 6.45) is 2.63. The van der Waals surface area contributed by atoms with E-state index < -0.39 is 11.7 Å². The summed E-state index contributed by atoms with van der Waals surface area (Å²) in [5.74, 6) is 0.147. The molecule has 1 amide bonds. The van der Waals surface area contributed by atoms with Gasteiger partial charge in [-0.05, 0) is 58.4 Å². The number of aromatic nitrogens is 3. The zero-order valence-corrected chi connectivity index (χ0v) is 17.8. The fourth-order valence-electron chi connectivity index (χ4n) is 2.92. The smallest absolute Gasteiger partial charge is 0.417 e. The van der Waals surface area contributed by atoms with Crippen molar-refractivity contribution in [3.8, 4) is 5.69 Å². The fraction of sp³-hybridized carbons (Fsp3) is 0.333. The second-order valence-corrected chi connectivity index (χ2v) is 8.04. The second-order valence-electron chi connectivity index (χ2n) is 7.63. The van der Waals surface area contributed by atoms with Crippen molar-refractivity contribution in [3.05, 3.63) is 57.6 Å². The summed E-state index contributed by atoms with van der Waals surface area (Å²) in [7, 11) is 0. The van der Waals surface area contributed by atoms with Crippen LogP contribution in [0, 0.1) is 6.92 Å². The van der Waals surface area contributed by atoms with Crippen LogP contribution in [0.2, 0.25) is 5.02 Å². The molecule has 3 aromatic rings. The average Bonchev–Trinajstić information content (AvgIpc) is 2.60. The molecular weight excluding hydrogens is 392 g/mol. The monoisotopic (exact) mass is 414 g/mol. The first-order valence-electron chi connectivity index (χ1n) is 9.26. The lowest BCUT2D eigenvalue weighted by Gasteiger charge is -2.27. The van der Waals surface area contributed by atoms with Crippen LogP contribution >= 0.6 is 11.6 Å². The number of hydrogen-bond donors (Lipinski definition) is 0. The molecule has 0 spiro atoms. The first-order chi connectivity index (χ1) is 13.6. The van der Waals surface area contributed by atoms with E-state index >= 15 is 0 Å². The predicted molar refractivity (Wildman–Crippen MR) is 114 cm³/mol. The Morgan fingerprint density at radius 3 is 2.62 bits per heavy atom. The first kappa shape index (κ1) is 20.8. The van der Waals surface area contributed by atoms with Crippen LogP contribution in [0.4, 0.5) is 10.7 Å². The Hall–Kier alpha value is -2.93. The molecule has 152 valence electrons. The highest BCUT2D eigenvalue weighted by atomic mass is 35.5. The maximum absolute atomic E-state index is 13.4. The molecule has 2 heterocycles. The lowest BCUT2D eigenvalue weighted by atomic mass is 10.2. The van der Waals surface area contributed by atoms with Gasteiger partial charge >= 0.3 is 6.09 Å². The number of pyridine rings is 1. The lowest BCUT2D eigenvalue weighted by Crippen LogP contribution is -2.40. The molecule has 7 nitrogen and oxygen atoms in total. The highest BCUT2D eigenvalue weighted by molar-refractivity contribution is 6.35. The Balaban J connectivity index is 2.34. The van der Waals surface area contributed by atoms with Crippen molar-refractivity contribution in [3.63, 3.8) is 0 Å². The molecule has 0 saturated heterocycles. The van der Waals surface area contributed by atoms with Gasteiger partial charge in [0.2, 0.25) is 5.95 Å². The SMILES string of the molecule is CCN(C(=O)OC(C)(C)C)c1nc2cccc(Cl)c2c(=O)n1-c1cncc(C)c1. The van der Waals surface area contributed by atoms with Crippen molar-refractivity contribution >= 4 is 34.5 Å². The second kappa shape index (κ2) is 7.83. The summed E-state index contributed by atoms with van der Waals surface area (Å²) in [6, 6.07) is 6.83. The number of hydrogen-bond acceptors (Lipinski definition) is 5. The number of halogens is 1. The van der Waals surface area contributed by atoms with Crippen molar-refractivity contribution in [2.45, 2.75) is 40.2 Å². The van der Waals surface area contributed by atoms with Crippen LogP contribution in [0.1, 0.15) is 33.3 Å². The highest BCUT2D eigenvalue weighted by Crippen LogP contribution is 2.25. The van der Waals surface area contributed by atoms with Gasteiger partial charge in [0.25, 0.3) is 5.56 Å². The fourth-order valence-corrected chi connectivity index (χ4v) is 3.17. The van der Waals surface area contributed by atoms with Crippen LogP contribution in [-0.2, 0) is 4.74 Å². The minimum absolute atomic E-state index is 0.147. The van der Waals surface area contributed by atoms with Gasteiger partial charge in [0.15, 0.2) is 0 Å². The Labute approximate surface area is 173 Å². The number of aryl methyl sites for hydroxylation is 1. The molecule has 0 fully saturated rings. The molecule has 1 aromatic carbocycles. The molecule has 0 radical (unpaired) electrons. The van der Waals surface area contributed by atoms with E-state index in [9.17, 15) is 9.59 Å². The molecule has 0 bridgehead atoms. The number of nitrogens with zero attached hydrogens (tertiary/aromatic N) is 4. The molecule has 8 heteroatoms. The molecule has 0 aliphatic carbocycles. The zero-order chi connectivity index (χ0) is 21.3. The van der Waals surface area contributed by atoms with Gasteiger partial charge < -0.3 is 4.74 Å².